The number of carbonyl (C=O) groups is 1. The van der Waals surface area contributed by atoms with Gasteiger partial charge in [0.15, 0.2) is 16.6 Å². The van der Waals surface area contributed by atoms with Crippen LogP contribution >= 0.6 is 23.8 Å². The Morgan fingerprint density at radius 3 is 2.48 bits per heavy atom. The van der Waals surface area contributed by atoms with Crippen molar-refractivity contribution < 1.29 is 19.0 Å². The van der Waals surface area contributed by atoms with Crippen molar-refractivity contribution in [1.82, 2.24) is 10.6 Å². The van der Waals surface area contributed by atoms with Gasteiger partial charge < -0.3 is 19.5 Å². The van der Waals surface area contributed by atoms with Gasteiger partial charge in [-0.2, -0.15) is 0 Å². The SMILES string of the molecule is COc1cc(Cl)c(CNC(=S)NC(=O)c2cccc(OCC(C)C)c2)cc1OC. The molecular weight excluding hydrogens is 412 g/mol. The van der Waals surface area contributed by atoms with Crippen molar-refractivity contribution in [1.29, 1.82) is 0 Å². The molecule has 0 bridgehead atoms. The van der Waals surface area contributed by atoms with Crippen LogP contribution in [0.5, 0.6) is 17.2 Å². The van der Waals surface area contributed by atoms with E-state index in [1.807, 2.05) is 6.07 Å². The fourth-order valence-electron chi connectivity index (χ4n) is 2.42. The maximum Gasteiger partial charge on any atom is 0.257 e. The van der Waals surface area contributed by atoms with Crippen LogP contribution in [0.4, 0.5) is 0 Å². The molecule has 0 radical (unpaired) electrons. The normalized spacial score (nSPS) is 10.4. The Kier molecular flexibility index (Phi) is 8.54. The second-order valence-electron chi connectivity index (χ2n) is 6.67. The van der Waals surface area contributed by atoms with Crippen LogP contribution in [0.2, 0.25) is 5.02 Å². The molecule has 0 aliphatic rings. The molecule has 0 aliphatic heterocycles. The van der Waals surface area contributed by atoms with Crippen LogP contribution in [0.25, 0.3) is 0 Å². The molecule has 0 saturated carbocycles. The predicted molar refractivity (Wildman–Crippen MR) is 118 cm³/mol. The van der Waals surface area contributed by atoms with Gasteiger partial charge in [-0.25, -0.2) is 0 Å². The van der Waals surface area contributed by atoms with Crippen LogP contribution in [0.15, 0.2) is 36.4 Å². The quantitative estimate of drug-likeness (QED) is 0.604. The molecule has 0 atom stereocenters. The second-order valence-corrected chi connectivity index (χ2v) is 7.48. The minimum Gasteiger partial charge on any atom is -0.493 e. The second kappa shape index (κ2) is 10.9. The first-order valence-corrected chi connectivity index (χ1v) is 9.85. The monoisotopic (exact) mass is 436 g/mol. The van der Waals surface area contributed by atoms with Gasteiger partial charge in [0.25, 0.3) is 5.91 Å². The molecule has 0 fully saturated rings. The summed E-state index contributed by atoms with van der Waals surface area (Å²) in [5.74, 6) is 1.81. The van der Waals surface area contributed by atoms with Crippen molar-refractivity contribution in [2.24, 2.45) is 5.92 Å². The van der Waals surface area contributed by atoms with E-state index in [4.69, 9.17) is 38.0 Å². The summed E-state index contributed by atoms with van der Waals surface area (Å²) in [6, 6.07) is 10.4. The number of hydrogen-bond acceptors (Lipinski definition) is 5. The van der Waals surface area contributed by atoms with E-state index < -0.39 is 0 Å². The Morgan fingerprint density at radius 2 is 1.83 bits per heavy atom. The van der Waals surface area contributed by atoms with Gasteiger partial charge in [0, 0.05) is 23.2 Å². The molecule has 0 aromatic heterocycles. The molecule has 6 nitrogen and oxygen atoms in total. The first-order chi connectivity index (χ1) is 13.8. The largest absolute Gasteiger partial charge is 0.493 e. The number of methoxy groups -OCH3 is 2. The lowest BCUT2D eigenvalue weighted by Gasteiger charge is -2.14. The summed E-state index contributed by atoms with van der Waals surface area (Å²) in [7, 11) is 3.09. The van der Waals surface area contributed by atoms with Gasteiger partial charge in [0.05, 0.1) is 20.8 Å². The zero-order valence-corrected chi connectivity index (χ0v) is 18.4. The van der Waals surface area contributed by atoms with E-state index in [0.29, 0.717) is 46.9 Å². The third kappa shape index (κ3) is 6.80. The molecule has 2 N–H and O–H groups in total. The van der Waals surface area contributed by atoms with Gasteiger partial charge >= 0.3 is 0 Å². The summed E-state index contributed by atoms with van der Waals surface area (Å²) in [4.78, 5) is 12.5. The van der Waals surface area contributed by atoms with Crippen LogP contribution in [0.3, 0.4) is 0 Å². The third-order valence-corrected chi connectivity index (χ3v) is 4.50. The number of hydrogen-bond donors (Lipinski definition) is 2. The predicted octanol–water partition coefficient (Wildman–Crippen LogP) is 4.20. The Morgan fingerprint density at radius 1 is 1.14 bits per heavy atom. The zero-order chi connectivity index (χ0) is 21.4. The summed E-state index contributed by atoms with van der Waals surface area (Å²) in [5.41, 5.74) is 1.21. The van der Waals surface area contributed by atoms with Gasteiger partial charge in [0.1, 0.15) is 5.75 Å². The van der Waals surface area contributed by atoms with Gasteiger partial charge in [-0.05, 0) is 48.0 Å². The number of amides is 1. The average molecular weight is 437 g/mol. The number of ether oxygens (including phenoxy) is 3. The van der Waals surface area contributed by atoms with Crippen molar-refractivity contribution in [3.63, 3.8) is 0 Å². The molecule has 0 spiro atoms. The zero-order valence-electron chi connectivity index (χ0n) is 16.9. The fraction of sp³-hybridized carbons (Fsp3) is 0.333. The first kappa shape index (κ1) is 22.8. The van der Waals surface area contributed by atoms with E-state index in [1.165, 1.54) is 0 Å². The van der Waals surface area contributed by atoms with Crippen LogP contribution in [0, 0.1) is 5.92 Å². The molecule has 0 unspecified atom stereocenters. The molecule has 2 aromatic rings. The third-order valence-electron chi connectivity index (χ3n) is 3.90. The van der Waals surface area contributed by atoms with Gasteiger partial charge in [-0.15, -0.1) is 0 Å². The van der Waals surface area contributed by atoms with E-state index in [-0.39, 0.29) is 11.0 Å². The Bertz CT molecular complexity index is 874. The lowest BCUT2D eigenvalue weighted by molar-refractivity contribution is 0.0976. The van der Waals surface area contributed by atoms with Crippen LogP contribution in [0.1, 0.15) is 29.8 Å². The topological polar surface area (TPSA) is 68.8 Å². The summed E-state index contributed by atoms with van der Waals surface area (Å²) in [5, 5.41) is 6.32. The molecule has 2 aromatic carbocycles. The molecule has 0 saturated heterocycles. The first-order valence-electron chi connectivity index (χ1n) is 9.06. The van der Waals surface area contributed by atoms with E-state index in [0.717, 1.165) is 5.56 Å². The molecule has 156 valence electrons. The van der Waals surface area contributed by atoms with E-state index in [1.54, 1.807) is 44.6 Å². The highest BCUT2D eigenvalue weighted by Crippen LogP contribution is 2.32. The highest BCUT2D eigenvalue weighted by molar-refractivity contribution is 7.80. The smallest absolute Gasteiger partial charge is 0.257 e. The van der Waals surface area contributed by atoms with Gasteiger partial charge in [0.2, 0.25) is 0 Å². The number of thiocarbonyl (C=S) groups is 1. The van der Waals surface area contributed by atoms with Gasteiger partial charge in [-0.3, -0.25) is 10.1 Å². The number of rotatable bonds is 8. The van der Waals surface area contributed by atoms with E-state index in [9.17, 15) is 4.79 Å². The number of carbonyl (C=O) groups excluding carboxylic acids is 1. The van der Waals surface area contributed by atoms with Crippen molar-refractivity contribution >= 4 is 34.8 Å². The minimum atomic E-state index is -0.323. The summed E-state index contributed by atoms with van der Waals surface area (Å²) < 4.78 is 16.2. The molecule has 29 heavy (non-hydrogen) atoms. The highest BCUT2D eigenvalue weighted by atomic mass is 35.5. The number of halogens is 1. The standard InChI is InChI=1S/C21H25ClN2O4S/c1-13(2)12-28-16-7-5-6-14(8-16)20(25)24-21(29)23-11-15-9-18(26-3)19(27-4)10-17(15)22/h5-10,13H,11-12H2,1-4H3,(H2,23,24,25,29). The molecule has 0 aliphatic carbocycles. The lowest BCUT2D eigenvalue weighted by atomic mass is 10.2. The minimum absolute atomic E-state index is 0.189. The van der Waals surface area contributed by atoms with Crippen molar-refractivity contribution in [2.75, 3.05) is 20.8 Å². The van der Waals surface area contributed by atoms with Crippen molar-refractivity contribution in [2.45, 2.75) is 20.4 Å². The highest BCUT2D eigenvalue weighted by Gasteiger charge is 2.12. The Balaban J connectivity index is 1.96. The van der Waals surface area contributed by atoms with E-state index >= 15 is 0 Å². The molecule has 0 heterocycles. The van der Waals surface area contributed by atoms with Crippen LogP contribution < -0.4 is 24.8 Å². The maximum atomic E-state index is 12.5. The molecule has 1 amide bonds. The average Bonchev–Trinajstić information content (AvgIpc) is 2.71. The maximum absolute atomic E-state index is 12.5. The van der Waals surface area contributed by atoms with Crippen molar-refractivity contribution in [3.8, 4) is 17.2 Å². The van der Waals surface area contributed by atoms with Crippen LogP contribution in [-0.2, 0) is 6.54 Å². The molecule has 2 rings (SSSR count). The van der Waals surface area contributed by atoms with Crippen molar-refractivity contribution in [3.05, 3.63) is 52.5 Å². The van der Waals surface area contributed by atoms with Crippen LogP contribution in [-0.4, -0.2) is 31.8 Å². The Labute approximate surface area is 181 Å². The van der Waals surface area contributed by atoms with E-state index in [2.05, 4.69) is 24.5 Å². The Hall–Kier alpha value is -2.51. The summed E-state index contributed by atoms with van der Waals surface area (Å²) in [6.07, 6.45) is 0. The lowest BCUT2D eigenvalue weighted by Crippen LogP contribution is -2.38. The number of nitrogens with one attached hydrogen (secondary N) is 2. The fourth-order valence-corrected chi connectivity index (χ4v) is 2.80. The summed E-state index contributed by atoms with van der Waals surface area (Å²) in [6.45, 7) is 5.02. The summed E-state index contributed by atoms with van der Waals surface area (Å²) >= 11 is 11.5. The molecule has 8 heteroatoms. The van der Waals surface area contributed by atoms with Gasteiger partial charge in [-0.1, -0.05) is 31.5 Å². The number of benzene rings is 2. The molecular formula is C21H25ClN2O4S.